The summed E-state index contributed by atoms with van der Waals surface area (Å²) in [7, 11) is 5.62. The van der Waals surface area contributed by atoms with Crippen LogP contribution in [0, 0.1) is 5.82 Å². The molecule has 1 aromatic carbocycles. The molecule has 0 heterocycles. The Morgan fingerprint density at radius 1 is 1.30 bits per heavy atom. The van der Waals surface area contributed by atoms with E-state index in [1.54, 1.807) is 13.1 Å². The average molecular weight is 341 g/mol. The number of benzene rings is 1. The van der Waals surface area contributed by atoms with Crippen molar-refractivity contribution in [1.82, 2.24) is 15.5 Å². The van der Waals surface area contributed by atoms with E-state index >= 15 is 0 Å². The number of halogens is 1. The fraction of sp³-hybridized carbons (Fsp3) is 0.588. The van der Waals surface area contributed by atoms with Gasteiger partial charge in [-0.3, -0.25) is 4.99 Å². The third-order valence-electron chi connectivity index (χ3n) is 3.51. The van der Waals surface area contributed by atoms with Crippen molar-refractivity contribution >= 4 is 17.7 Å². The Kier molecular flexibility index (Phi) is 7.85. The van der Waals surface area contributed by atoms with Gasteiger partial charge in [0.2, 0.25) is 0 Å². The minimum absolute atomic E-state index is 0.145. The van der Waals surface area contributed by atoms with E-state index in [2.05, 4.69) is 35.7 Å². The third-order valence-corrected chi connectivity index (χ3v) is 4.76. The van der Waals surface area contributed by atoms with Gasteiger partial charge in [0.25, 0.3) is 0 Å². The number of rotatable bonds is 7. The van der Waals surface area contributed by atoms with Crippen molar-refractivity contribution in [2.45, 2.75) is 31.7 Å². The van der Waals surface area contributed by atoms with Crippen molar-refractivity contribution in [3.8, 4) is 0 Å². The molecule has 0 aliphatic carbocycles. The van der Waals surface area contributed by atoms with Crippen LogP contribution in [0.3, 0.4) is 0 Å². The van der Waals surface area contributed by atoms with Crippen LogP contribution in [0.1, 0.15) is 25.0 Å². The largest absolute Gasteiger partial charge is 0.355 e. The van der Waals surface area contributed by atoms with Gasteiger partial charge in [0, 0.05) is 37.0 Å². The van der Waals surface area contributed by atoms with Crippen LogP contribution in [0.2, 0.25) is 0 Å². The fourth-order valence-electron chi connectivity index (χ4n) is 1.98. The molecule has 0 saturated carbocycles. The molecule has 0 spiro atoms. The number of guanidine groups is 1. The van der Waals surface area contributed by atoms with Crippen LogP contribution < -0.4 is 10.6 Å². The molecule has 0 unspecified atom stereocenters. The Bertz CT molecular complexity index is 529. The zero-order valence-electron chi connectivity index (χ0n) is 15.0. The van der Waals surface area contributed by atoms with Gasteiger partial charge >= 0.3 is 0 Å². The molecule has 0 radical (unpaired) electrons. The molecule has 0 bridgehead atoms. The molecule has 0 atom stereocenters. The lowest BCUT2D eigenvalue weighted by Crippen LogP contribution is -2.43. The Balaban J connectivity index is 2.62. The van der Waals surface area contributed by atoms with E-state index in [1.165, 1.54) is 6.07 Å². The zero-order chi connectivity index (χ0) is 17.5. The first kappa shape index (κ1) is 19.8. The van der Waals surface area contributed by atoms with E-state index in [4.69, 9.17) is 0 Å². The summed E-state index contributed by atoms with van der Waals surface area (Å²) in [5.74, 6) is 0.595. The molecule has 0 saturated heterocycles. The molecule has 2 N–H and O–H groups in total. The van der Waals surface area contributed by atoms with E-state index in [1.807, 2.05) is 36.8 Å². The minimum Gasteiger partial charge on any atom is -0.355 e. The van der Waals surface area contributed by atoms with Gasteiger partial charge in [-0.15, -0.1) is 0 Å². The Labute approximate surface area is 143 Å². The van der Waals surface area contributed by atoms with Crippen LogP contribution in [0.25, 0.3) is 0 Å². The SMILES string of the molecule is CN=C(NCc1ccc(F)c(CN(C)C)c1)NCC(C)(C)SC. The van der Waals surface area contributed by atoms with Gasteiger partial charge in [0.15, 0.2) is 5.96 Å². The van der Waals surface area contributed by atoms with Gasteiger partial charge in [-0.2, -0.15) is 11.8 Å². The summed E-state index contributed by atoms with van der Waals surface area (Å²) < 4.78 is 13.9. The Hall–Kier alpha value is -1.27. The molecular formula is C17H29FN4S. The number of thioether (sulfide) groups is 1. The maximum atomic E-state index is 13.8. The maximum Gasteiger partial charge on any atom is 0.191 e. The van der Waals surface area contributed by atoms with Gasteiger partial charge in [-0.1, -0.05) is 6.07 Å². The highest BCUT2D eigenvalue weighted by Gasteiger charge is 2.16. The predicted molar refractivity (Wildman–Crippen MR) is 99.6 cm³/mol. The predicted octanol–water partition coefficient (Wildman–Crippen LogP) is 2.69. The standard InChI is InChI=1S/C17H29FN4S/c1-17(2,23-6)12-21-16(19-3)20-10-13-7-8-15(18)14(9-13)11-22(4)5/h7-9H,10-12H2,1-6H3,(H2,19,20,21). The number of nitrogens with one attached hydrogen (secondary N) is 2. The van der Waals surface area contributed by atoms with Gasteiger partial charge < -0.3 is 15.5 Å². The first-order chi connectivity index (χ1) is 10.8. The highest BCUT2D eigenvalue weighted by Crippen LogP contribution is 2.19. The molecule has 1 rings (SSSR count). The van der Waals surface area contributed by atoms with E-state index in [9.17, 15) is 4.39 Å². The molecule has 4 nitrogen and oxygen atoms in total. The average Bonchev–Trinajstić information content (AvgIpc) is 2.50. The number of nitrogens with zero attached hydrogens (tertiary/aromatic N) is 2. The van der Waals surface area contributed by atoms with Crippen molar-refractivity contribution in [1.29, 1.82) is 0 Å². The van der Waals surface area contributed by atoms with Gasteiger partial charge in [-0.05, 0) is 51.9 Å². The van der Waals surface area contributed by atoms with Crippen molar-refractivity contribution in [3.63, 3.8) is 0 Å². The molecule has 6 heteroatoms. The molecule has 0 amide bonds. The van der Waals surface area contributed by atoms with Crippen LogP contribution >= 0.6 is 11.8 Å². The van der Waals surface area contributed by atoms with Gasteiger partial charge in [0.1, 0.15) is 5.82 Å². The molecule has 0 aromatic heterocycles. The molecular weight excluding hydrogens is 311 g/mol. The summed E-state index contributed by atoms with van der Waals surface area (Å²) in [6.07, 6.45) is 2.10. The first-order valence-electron chi connectivity index (χ1n) is 7.69. The lowest BCUT2D eigenvalue weighted by atomic mass is 10.1. The Morgan fingerprint density at radius 2 is 2.00 bits per heavy atom. The monoisotopic (exact) mass is 340 g/mol. The van der Waals surface area contributed by atoms with E-state index in [0.29, 0.717) is 18.7 Å². The minimum atomic E-state index is -0.160. The van der Waals surface area contributed by atoms with Crippen molar-refractivity contribution in [2.24, 2.45) is 4.99 Å². The molecule has 0 aliphatic heterocycles. The van der Waals surface area contributed by atoms with Crippen LogP contribution in [0.15, 0.2) is 23.2 Å². The second-order valence-electron chi connectivity index (χ2n) is 6.41. The number of hydrogen-bond acceptors (Lipinski definition) is 3. The lowest BCUT2D eigenvalue weighted by molar-refractivity contribution is 0.392. The molecule has 0 aliphatic rings. The maximum absolute atomic E-state index is 13.8. The van der Waals surface area contributed by atoms with Crippen LogP contribution in [0.4, 0.5) is 4.39 Å². The summed E-state index contributed by atoms with van der Waals surface area (Å²) in [5, 5.41) is 6.60. The van der Waals surface area contributed by atoms with Crippen molar-refractivity contribution in [2.75, 3.05) is 33.9 Å². The molecule has 23 heavy (non-hydrogen) atoms. The van der Waals surface area contributed by atoms with Crippen molar-refractivity contribution in [3.05, 3.63) is 35.1 Å². The summed E-state index contributed by atoms with van der Waals surface area (Å²) >= 11 is 1.81. The quantitative estimate of drug-likeness (QED) is 0.591. The van der Waals surface area contributed by atoms with Crippen LogP contribution in [-0.4, -0.2) is 49.6 Å². The van der Waals surface area contributed by atoms with E-state index in [0.717, 1.165) is 18.1 Å². The molecule has 130 valence electrons. The molecule has 1 aromatic rings. The topological polar surface area (TPSA) is 39.7 Å². The second-order valence-corrected chi connectivity index (χ2v) is 7.92. The number of hydrogen-bond donors (Lipinski definition) is 2. The molecule has 0 fully saturated rings. The second kappa shape index (κ2) is 9.13. The van der Waals surface area contributed by atoms with Crippen molar-refractivity contribution < 1.29 is 4.39 Å². The third kappa shape index (κ3) is 7.22. The highest BCUT2D eigenvalue weighted by atomic mass is 32.2. The first-order valence-corrected chi connectivity index (χ1v) is 8.91. The number of aliphatic imine (C=N–C) groups is 1. The lowest BCUT2D eigenvalue weighted by Gasteiger charge is -2.23. The summed E-state index contributed by atoms with van der Waals surface area (Å²) in [6, 6.07) is 5.24. The Morgan fingerprint density at radius 3 is 2.57 bits per heavy atom. The van der Waals surface area contributed by atoms with Crippen LogP contribution in [0.5, 0.6) is 0 Å². The van der Waals surface area contributed by atoms with E-state index in [-0.39, 0.29) is 10.6 Å². The summed E-state index contributed by atoms with van der Waals surface area (Å²) in [5.41, 5.74) is 1.75. The van der Waals surface area contributed by atoms with E-state index < -0.39 is 0 Å². The van der Waals surface area contributed by atoms with Gasteiger partial charge in [-0.25, -0.2) is 4.39 Å². The summed E-state index contributed by atoms with van der Waals surface area (Å²) in [4.78, 5) is 6.19. The highest BCUT2D eigenvalue weighted by molar-refractivity contribution is 7.99. The van der Waals surface area contributed by atoms with Crippen LogP contribution in [-0.2, 0) is 13.1 Å². The van der Waals surface area contributed by atoms with Gasteiger partial charge in [0.05, 0.1) is 0 Å². The fourth-order valence-corrected chi connectivity index (χ4v) is 2.19. The smallest absolute Gasteiger partial charge is 0.191 e. The summed E-state index contributed by atoms with van der Waals surface area (Å²) in [6.45, 7) is 6.40. The zero-order valence-corrected chi connectivity index (χ0v) is 15.9. The normalized spacial score (nSPS) is 12.6.